The van der Waals surface area contributed by atoms with Crippen molar-refractivity contribution in [3.05, 3.63) is 0 Å². The number of hydrogen-bond acceptors (Lipinski definition) is 8. The minimum atomic E-state index is -5.39. The molecule has 0 aliphatic rings. The Labute approximate surface area is 100 Å². The fourth-order valence-corrected chi connectivity index (χ4v) is 0. The first-order valence-electron chi connectivity index (χ1n) is 1.62. The maximum atomic E-state index is 8.55. The van der Waals surface area contributed by atoms with E-state index in [1.54, 1.807) is 0 Å². The summed E-state index contributed by atoms with van der Waals surface area (Å²) in [7, 11) is -10.8. The molecule has 0 aromatic heterocycles. The van der Waals surface area contributed by atoms with Gasteiger partial charge >= 0.3 is 46.5 Å². The van der Waals surface area contributed by atoms with Gasteiger partial charge in [0.05, 0.1) is 0 Å². The van der Waals surface area contributed by atoms with E-state index < -0.39 is 15.6 Å². The molecule has 0 aliphatic carbocycles. The molecule has 0 saturated heterocycles. The molecule has 0 fully saturated rings. The van der Waals surface area contributed by atoms with Gasteiger partial charge in [-0.15, -0.1) is 0 Å². The average Bonchev–Trinajstić information content (AvgIpc) is 1.59. The van der Waals surface area contributed by atoms with Gasteiger partial charge in [-0.05, 0) is 0 Å². The van der Waals surface area contributed by atoms with Crippen molar-refractivity contribution in [1.82, 2.24) is 0 Å². The molecule has 0 unspecified atom stereocenters. The van der Waals surface area contributed by atoms with Gasteiger partial charge in [0.2, 0.25) is 0 Å². The molecule has 13 heteroatoms. The van der Waals surface area contributed by atoms with Crippen molar-refractivity contribution in [2.45, 2.75) is 0 Å². The van der Waals surface area contributed by atoms with Crippen LogP contribution in [0.4, 0.5) is 0 Å². The summed E-state index contributed by atoms with van der Waals surface area (Å²) in [4.78, 5) is 51.3. The summed E-state index contributed by atoms with van der Waals surface area (Å²) in [6, 6.07) is 0. The van der Waals surface area contributed by atoms with Crippen molar-refractivity contribution in [3.8, 4) is 0 Å². The van der Waals surface area contributed by atoms with Crippen LogP contribution in [-0.2, 0) is 55.6 Å². The Bertz CT molecular complexity index is 134. The molecule has 0 aromatic carbocycles. The van der Waals surface area contributed by atoms with E-state index in [0.717, 1.165) is 0 Å². The summed E-state index contributed by atoms with van der Waals surface area (Å²) in [6.45, 7) is 0. The first-order valence-corrected chi connectivity index (χ1v) is 7.07. The van der Waals surface area contributed by atoms with Gasteiger partial charge in [0.25, 0.3) is 0 Å². The van der Waals surface area contributed by atoms with Gasteiger partial charge in [-0.2, -0.15) is 15.6 Å². The van der Waals surface area contributed by atoms with Crippen LogP contribution in [0.1, 0.15) is 0 Å². The fraction of sp³-hybridized carbons (Fsp3) is 0. The molecule has 0 aliphatic heterocycles. The Balaban J connectivity index is -0.0000000491. The van der Waals surface area contributed by atoms with Gasteiger partial charge in [0, 0.05) is 0 Å². The van der Waals surface area contributed by atoms with Crippen molar-refractivity contribution in [2.24, 2.45) is 0 Å². The van der Waals surface area contributed by atoms with Gasteiger partial charge in [0.1, 0.15) is 0 Å². The molecule has 1 radical (unpaired) electrons. The van der Waals surface area contributed by atoms with Gasteiger partial charge in [-0.1, -0.05) is 0 Å². The third-order valence-corrected chi connectivity index (χ3v) is 0. The van der Waals surface area contributed by atoms with E-state index in [4.69, 9.17) is 38.5 Å². The minimum absolute atomic E-state index is 0. The van der Waals surface area contributed by atoms with Crippen LogP contribution in [0, 0.1) is 0 Å². The van der Waals surface area contributed by atoms with Crippen LogP contribution in [0.15, 0.2) is 0 Å². The van der Waals surface area contributed by atoms with Gasteiger partial charge < -0.3 is 38.5 Å². The molecule has 0 amide bonds. The van der Waals surface area contributed by atoms with E-state index in [1.165, 1.54) is 0 Å². The third-order valence-electron chi connectivity index (χ3n) is 0. The van der Waals surface area contributed by atoms with E-state index in [2.05, 4.69) is 29.4 Å². The van der Waals surface area contributed by atoms with Crippen molar-refractivity contribution in [3.63, 3.8) is 0 Å². The van der Waals surface area contributed by atoms with Crippen molar-refractivity contribution >= 4 is 15.6 Å². The van der Waals surface area contributed by atoms with Gasteiger partial charge in [-0.3, -0.25) is 0 Å². The number of rotatable bonds is 0. The van der Waals surface area contributed by atoms with Crippen molar-refractivity contribution < 1.29 is 85.0 Å². The van der Waals surface area contributed by atoms with Gasteiger partial charge in [0.15, 0.2) is 0 Å². The Hall–Kier alpha value is 1.84. The molecule has 0 atom stereocenters. The molecule has 0 spiro atoms. The Kier molecular flexibility index (Phi) is 22.2. The summed E-state index contributed by atoms with van der Waals surface area (Å²) in [6.07, 6.45) is 0. The Morgan fingerprint density at radius 3 is 0.769 bits per heavy atom. The normalized spacial score (nSPS) is 9.62. The van der Waals surface area contributed by atoms with Crippen LogP contribution in [0.2, 0.25) is 0 Å². The van der Waals surface area contributed by atoms with E-state index in [-0.39, 0.29) is 17.1 Å². The van der Waals surface area contributed by atoms with Crippen LogP contribution < -0.4 is 29.4 Å². The average molecular weight is 352 g/mol. The zero-order valence-electron chi connectivity index (χ0n) is 5.34. The summed E-state index contributed by atoms with van der Waals surface area (Å²) >= 11 is 5.25. The van der Waals surface area contributed by atoms with E-state index >= 15 is 0 Å². The molecule has 0 aromatic rings. The summed E-state index contributed by atoms with van der Waals surface area (Å²) in [5.41, 5.74) is 0. The SMILES string of the molecule is O=P([O-])([O-])[O-].O=P([O-])([O-])[O-].[Mn+2].[V+4][Fe]. The zero-order valence-corrected chi connectivity index (χ0v) is 10.8. The number of phosphoric acid groups is 2. The molecular formula is FeMnO8P2V. The summed E-state index contributed by atoms with van der Waals surface area (Å²) < 4.78 is 17.1. The molecule has 0 bridgehead atoms. The first kappa shape index (κ1) is 24.2. The van der Waals surface area contributed by atoms with E-state index in [9.17, 15) is 0 Å². The molecular weight excluding hydrogens is 352 g/mol. The third kappa shape index (κ3) is 571. The maximum absolute atomic E-state index is 8.55. The van der Waals surface area contributed by atoms with Crippen molar-refractivity contribution in [1.29, 1.82) is 0 Å². The van der Waals surface area contributed by atoms with Crippen LogP contribution in [-0.4, -0.2) is 0 Å². The van der Waals surface area contributed by atoms with Crippen LogP contribution in [0.25, 0.3) is 0 Å². The Morgan fingerprint density at radius 1 is 0.769 bits per heavy atom. The monoisotopic (exact) mass is 352 g/mol. The van der Waals surface area contributed by atoms with Crippen LogP contribution >= 0.6 is 15.6 Å². The Morgan fingerprint density at radius 2 is 0.769 bits per heavy atom. The molecule has 0 N–H and O–H groups in total. The van der Waals surface area contributed by atoms with Crippen molar-refractivity contribution in [2.75, 3.05) is 0 Å². The predicted octanol–water partition coefficient (Wildman–Crippen LogP) is -5.66. The fourth-order valence-electron chi connectivity index (χ4n) is 0. The summed E-state index contributed by atoms with van der Waals surface area (Å²) in [5.74, 6) is 0. The molecule has 8 nitrogen and oxygen atoms in total. The molecule has 0 saturated carbocycles. The van der Waals surface area contributed by atoms with E-state index in [1.807, 2.05) is 0 Å². The second-order valence-corrected chi connectivity index (χ2v) is 2.68. The quantitative estimate of drug-likeness (QED) is 0.306. The molecule has 78 valence electrons. The van der Waals surface area contributed by atoms with Gasteiger partial charge in [-0.25, -0.2) is 0 Å². The zero-order chi connectivity index (χ0) is 11.0. The first-order chi connectivity index (χ1) is 5.00. The summed E-state index contributed by atoms with van der Waals surface area (Å²) in [5, 5.41) is 0. The second-order valence-electron chi connectivity index (χ2n) is 0.894. The van der Waals surface area contributed by atoms with E-state index in [0.29, 0.717) is 0 Å². The molecule has 13 heavy (non-hydrogen) atoms. The topological polar surface area (TPSA) is 172 Å². The number of hydrogen-bond donors (Lipinski definition) is 0. The predicted molar refractivity (Wildman–Crippen MR) is 15.2 cm³/mol. The molecule has 0 heterocycles. The van der Waals surface area contributed by atoms with Crippen LogP contribution in [0.3, 0.4) is 0 Å². The second kappa shape index (κ2) is 11.9. The van der Waals surface area contributed by atoms with Crippen LogP contribution in [0.5, 0.6) is 0 Å². The molecule has 0 rings (SSSR count). The standard InChI is InChI=1S/Fe.Mn.2H3O4P.V/c;;2*1-5(2,3)4;/h;;2*(H3,1,2,3,4);/q;+2;;;+4/p-6.